The Morgan fingerprint density at radius 1 is 0.909 bits per heavy atom. The molecule has 0 bridgehead atoms. The van der Waals surface area contributed by atoms with E-state index in [0.29, 0.717) is 0 Å². The Balaban J connectivity index is 0.000001000. The summed E-state index contributed by atoms with van der Waals surface area (Å²) in [6, 6.07) is 10.5. The van der Waals surface area contributed by atoms with Crippen molar-refractivity contribution in [1.29, 1.82) is 0 Å². The molecular weight excluding hydrogens is 186 g/mol. The topological polar surface area (TPSA) is 0 Å². The van der Waals surface area contributed by atoms with Crippen molar-refractivity contribution in [1.82, 2.24) is 4.48 Å². The maximum Gasteiger partial charge on any atom is 2.00 e. The fourth-order valence-corrected chi connectivity index (χ4v) is 0.875. The molecule has 0 atom stereocenters. The standard InChI is InChI=1S/C9H14N.Cu/c1-10(2,3)9-7-5-4-6-8-9;/h4-8H,1-3H3;/q+1;+2. The number of quaternary nitrogens is 1. The fraction of sp³-hybridized carbons (Fsp3) is 0.333. The van der Waals surface area contributed by atoms with Crippen molar-refractivity contribution in [2.75, 3.05) is 21.1 Å². The average molecular weight is 200 g/mol. The van der Waals surface area contributed by atoms with Crippen molar-refractivity contribution >= 4 is 5.69 Å². The number of benzene rings is 1. The molecule has 0 heterocycles. The van der Waals surface area contributed by atoms with Crippen LogP contribution in [0.1, 0.15) is 0 Å². The van der Waals surface area contributed by atoms with Gasteiger partial charge < -0.3 is 0 Å². The minimum absolute atomic E-state index is 0. The van der Waals surface area contributed by atoms with E-state index in [0.717, 1.165) is 4.48 Å². The van der Waals surface area contributed by atoms with E-state index in [9.17, 15) is 0 Å². The van der Waals surface area contributed by atoms with Crippen LogP contribution in [-0.4, -0.2) is 21.1 Å². The van der Waals surface area contributed by atoms with Crippen molar-refractivity contribution in [3.8, 4) is 0 Å². The molecule has 0 aliphatic carbocycles. The first-order valence-electron chi connectivity index (χ1n) is 3.48. The molecule has 1 nitrogen and oxygen atoms in total. The third kappa shape index (κ3) is 3.06. The first kappa shape index (κ1) is 10.7. The summed E-state index contributed by atoms with van der Waals surface area (Å²) in [5.41, 5.74) is 1.34. The molecule has 0 saturated carbocycles. The molecule has 0 fully saturated rings. The number of hydrogen-bond acceptors (Lipinski definition) is 0. The van der Waals surface area contributed by atoms with Gasteiger partial charge in [0.2, 0.25) is 0 Å². The van der Waals surface area contributed by atoms with Gasteiger partial charge >= 0.3 is 17.1 Å². The summed E-state index contributed by atoms with van der Waals surface area (Å²) in [5, 5.41) is 0. The van der Waals surface area contributed by atoms with Gasteiger partial charge in [-0.25, -0.2) is 0 Å². The maximum atomic E-state index is 2.16. The molecule has 1 rings (SSSR count). The number of hydrogen-bond donors (Lipinski definition) is 0. The van der Waals surface area contributed by atoms with Crippen LogP contribution in [0.15, 0.2) is 30.3 Å². The quantitative estimate of drug-likeness (QED) is 0.479. The Labute approximate surface area is 79.1 Å². The van der Waals surface area contributed by atoms with E-state index in [1.165, 1.54) is 5.69 Å². The van der Waals surface area contributed by atoms with E-state index < -0.39 is 0 Å². The predicted molar refractivity (Wildman–Crippen MR) is 46.0 cm³/mol. The van der Waals surface area contributed by atoms with Crippen LogP contribution in [0.25, 0.3) is 0 Å². The molecule has 63 valence electrons. The third-order valence-electron chi connectivity index (χ3n) is 1.53. The summed E-state index contributed by atoms with van der Waals surface area (Å²) in [6.45, 7) is 0. The molecule has 0 spiro atoms. The second kappa shape index (κ2) is 3.91. The van der Waals surface area contributed by atoms with Crippen molar-refractivity contribution in [3.05, 3.63) is 30.3 Å². The van der Waals surface area contributed by atoms with E-state index in [4.69, 9.17) is 0 Å². The normalized spacial score (nSPS) is 10.5. The molecular formula is C9H14CuN+3. The van der Waals surface area contributed by atoms with Crippen LogP contribution in [0.4, 0.5) is 5.69 Å². The van der Waals surface area contributed by atoms with Crippen LogP contribution in [-0.2, 0) is 17.1 Å². The average Bonchev–Trinajstić information content (AvgIpc) is 1.88. The molecule has 1 aromatic carbocycles. The van der Waals surface area contributed by atoms with E-state index in [1.807, 2.05) is 6.07 Å². The van der Waals surface area contributed by atoms with Gasteiger partial charge in [0, 0.05) is 0 Å². The van der Waals surface area contributed by atoms with Crippen LogP contribution in [0, 0.1) is 0 Å². The number of para-hydroxylation sites is 1. The van der Waals surface area contributed by atoms with Crippen molar-refractivity contribution in [3.63, 3.8) is 0 Å². The minimum Gasteiger partial charge on any atom is -0.298 e. The van der Waals surface area contributed by atoms with Gasteiger partial charge in [-0.05, 0) is 12.1 Å². The molecule has 0 saturated heterocycles. The molecule has 0 amide bonds. The SMILES string of the molecule is C[N+](C)(C)c1ccccc1.[Cu+2]. The van der Waals surface area contributed by atoms with Gasteiger partial charge in [-0.2, -0.15) is 0 Å². The first-order chi connectivity index (χ1) is 4.61. The summed E-state index contributed by atoms with van der Waals surface area (Å²) in [4.78, 5) is 0. The summed E-state index contributed by atoms with van der Waals surface area (Å²) in [5.74, 6) is 0. The van der Waals surface area contributed by atoms with Crippen LogP contribution < -0.4 is 4.48 Å². The second-order valence-corrected chi connectivity index (χ2v) is 3.35. The fourth-order valence-electron chi connectivity index (χ4n) is 0.875. The van der Waals surface area contributed by atoms with Crippen LogP contribution in [0.5, 0.6) is 0 Å². The molecule has 0 N–H and O–H groups in total. The van der Waals surface area contributed by atoms with Crippen molar-refractivity contribution in [2.45, 2.75) is 0 Å². The number of rotatable bonds is 1. The maximum absolute atomic E-state index is 2.16. The minimum atomic E-state index is 0. The number of nitrogens with zero attached hydrogens (tertiary/aromatic N) is 1. The van der Waals surface area contributed by atoms with Gasteiger partial charge in [-0.1, -0.05) is 18.2 Å². The van der Waals surface area contributed by atoms with Crippen LogP contribution >= 0.6 is 0 Å². The van der Waals surface area contributed by atoms with Crippen molar-refractivity contribution in [2.24, 2.45) is 0 Å². The first-order valence-corrected chi connectivity index (χ1v) is 3.48. The largest absolute Gasteiger partial charge is 2.00 e. The van der Waals surface area contributed by atoms with Gasteiger partial charge in [0.05, 0.1) is 21.1 Å². The van der Waals surface area contributed by atoms with Gasteiger partial charge in [0.1, 0.15) is 5.69 Å². The predicted octanol–water partition coefficient (Wildman–Crippen LogP) is 1.88. The van der Waals surface area contributed by atoms with Crippen LogP contribution in [0.2, 0.25) is 0 Å². The molecule has 11 heavy (non-hydrogen) atoms. The zero-order valence-electron chi connectivity index (χ0n) is 7.14. The molecule has 0 aromatic heterocycles. The molecule has 0 unspecified atom stereocenters. The summed E-state index contributed by atoms with van der Waals surface area (Å²) in [7, 11) is 6.49. The van der Waals surface area contributed by atoms with E-state index >= 15 is 0 Å². The van der Waals surface area contributed by atoms with Gasteiger partial charge in [-0.15, -0.1) is 0 Å². The smallest absolute Gasteiger partial charge is 0.298 e. The monoisotopic (exact) mass is 199 g/mol. The zero-order chi connectivity index (χ0) is 7.61. The third-order valence-corrected chi connectivity index (χ3v) is 1.53. The van der Waals surface area contributed by atoms with Crippen LogP contribution in [0.3, 0.4) is 0 Å². The van der Waals surface area contributed by atoms with E-state index in [2.05, 4.69) is 45.4 Å². The molecule has 1 aromatic rings. The Morgan fingerprint density at radius 3 is 1.64 bits per heavy atom. The molecule has 1 radical (unpaired) electrons. The zero-order valence-corrected chi connectivity index (χ0v) is 8.08. The Morgan fingerprint density at radius 2 is 1.36 bits per heavy atom. The molecule has 2 heteroatoms. The summed E-state index contributed by atoms with van der Waals surface area (Å²) >= 11 is 0. The van der Waals surface area contributed by atoms with Gasteiger partial charge in [0.15, 0.2) is 0 Å². The van der Waals surface area contributed by atoms with Gasteiger partial charge in [-0.3, -0.25) is 4.48 Å². The van der Waals surface area contributed by atoms with Crippen molar-refractivity contribution < 1.29 is 17.1 Å². The summed E-state index contributed by atoms with van der Waals surface area (Å²) < 4.78 is 0.890. The Bertz CT molecular complexity index is 201. The van der Waals surface area contributed by atoms with Gasteiger partial charge in [0.25, 0.3) is 0 Å². The van der Waals surface area contributed by atoms with E-state index in [-0.39, 0.29) is 17.1 Å². The molecule has 0 aliphatic heterocycles. The second-order valence-electron chi connectivity index (χ2n) is 3.35. The summed E-state index contributed by atoms with van der Waals surface area (Å²) in [6.07, 6.45) is 0. The molecule has 0 aliphatic rings. The Kier molecular flexibility index (Phi) is 3.80. The van der Waals surface area contributed by atoms with E-state index in [1.54, 1.807) is 0 Å². The Hall–Kier alpha value is -0.301.